The van der Waals surface area contributed by atoms with Gasteiger partial charge in [-0.25, -0.2) is 0 Å². The predicted octanol–water partition coefficient (Wildman–Crippen LogP) is 5.01. The van der Waals surface area contributed by atoms with Gasteiger partial charge in [0.05, 0.1) is 12.3 Å². The third kappa shape index (κ3) is 6.01. The van der Waals surface area contributed by atoms with E-state index in [0.717, 1.165) is 39.2 Å². The molecule has 0 aliphatic carbocycles. The molecule has 1 aromatic heterocycles. The van der Waals surface area contributed by atoms with Gasteiger partial charge in [-0.15, -0.1) is 10.2 Å². The maximum absolute atomic E-state index is 12.6. The van der Waals surface area contributed by atoms with Gasteiger partial charge in [0, 0.05) is 16.9 Å². The molecule has 3 aromatic carbocycles. The second kappa shape index (κ2) is 11.2. The average Bonchev–Trinajstić information content (AvgIpc) is 3.28. The summed E-state index contributed by atoms with van der Waals surface area (Å²) in [6, 6.07) is 21.9. The summed E-state index contributed by atoms with van der Waals surface area (Å²) >= 11 is 1.28. The average molecular weight is 500 g/mol. The number of aromatic nitrogens is 3. The zero-order chi connectivity index (χ0) is 25.7. The molecule has 0 aliphatic heterocycles. The van der Waals surface area contributed by atoms with Crippen LogP contribution in [-0.4, -0.2) is 38.9 Å². The standard InChI is InChI=1S/C28H29N5O2S/c1-18-10-12-23(13-11-18)33-27(22-8-6-5-7-9-22)31-32-28(33)36-17-25(35)29-16-24(34)30-26-20(3)14-19(2)15-21(26)4/h5-15H,16-17H2,1-4H3,(H,29,35)(H,30,34). The number of aryl methyl sites for hydroxylation is 4. The fourth-order valence-electron chi connectivity index (χ4n) is 3.99. The van der Waals surface area contributed by atoms with Crippen molar-refractivity contribution < 1.29 is 9.59 Å². The molecule has 8 heteroatoms. The van der Waals surface area contributed by atoms with Crippen molar-refractivity contribution in [1.82, 2.24) is 20.1 Å². The molecular formula is C28H29N5O2S. The second-order valence-electron chi connectivity index (χ2n) is 8.73. The van der Waals surface area contributed by atoms with Gasteiger partial charge in [-0.2, -0.15) is 0 Å². The highest BCUT2D eigenvalue weighted by Gasteiger charge is 2.17. The number of anilines is 1. The lowest BCUT2D eigenvalue weighted by atomic mass is 10.1. The van der Waals surface area contributed by atoms with E-state index in [2.05, 4.69) is 20.8 Å². The van der Waals surface area contributed by atoms with Crippen molar-refractivity contribution >= 4 is 29.3 Å². The Kier molecular flexibility index (Phi) is 7.85. The lowest BCUT2D eigenvalue weighted by Gasteiger charge is -2.13. The summed E-state index contributed by atoms with van der Waals surface area (Å²) in [6.45, 7) is 7.86. The van der Waals surface area contributed by atoms with Crippen LogP contribution < -0.4 is 10.6 Å². The van der Waals surface area contributed by atoms with Gasteiger partial charge in [-0.1, -0.05) is 77.5 Å². The van der Waals surface area contributed by atoms with Crippen LogP contribution >= 0.6 is 11.8 Å². The van der Waals surface area contributed by atoms with Gasteiger partial charge in [-0.3, -0.25) is 14.2 Å². The highest BCUT2D eigenvalue weighted by Crippen LogP contribution is 2.28. The van der Waals surface area contributed by atoms with Gasteiger partial charge < -0.3 is 10.6 Å². The van der Waals surface area contributed by atoms with Gasteiger partial charge >= 0.3 is 0 Å². The molecule has 0 spiro atoms. The van der Waals surface area contributed by atoms with E-state index in [1.54, 1.807) is 0 Å². The lowest BCUT2D eigenvalue weighted by molar-refractivity contribution is -0.122. The number of nitrogens with one attached hydrogen (secondary N) is 2. The minimum Gasteiger partial charge on any atom is -0.346 e. The Labute approximate surface area is 215 Å². The lowest BCUT2D eigenvalue weighted by Crippen LogP contribution is -2.34. The Morgan fingerprint density at radius 1 is 0.833 bits per heavy atom. The third-order valence-corrected chi connectivity index (χ3v) is 6.61. The third-order valence-electron chi connectivity index (χ3n) is 5.68. The molecule has 2 N–H and O–H groups in total. The van der Waals surface area contributed by atoms with Crippen LogP contribution in [0.3, 0.4) is 0 Å². The summed E-state index contributed by atoms with van der Waals surface area (Å²) in [6.07, 6.45) is 0. The van der Waals surface area contributed by atoms with Crippen molar-refractivity contribution in [1.29, 1.82) is 0 Å². The summed E-state index contributed by atoms with van der Waals surface area (Å²) in [5, 5.41) is 15.0. The van der Waals surface area contributed by atoms with Gasteiger partial charge in [-0.05, 0) is 51.0 Å². The smallest absolute Gasteiger partial charge is 0.243 e. The molecule has 2 amide bonds. The van der Waals surface area contributed by atoms with Gasteiger partial charge in [0.2, 0.25) is 11.8 Å². The van der Waals surface area contributed by atoms with Crippen LogP contribution in [0.5, 0.6) is 0 Å². The Bertz CT molecular complexity index is 1360. The zero-order valence-corrected chi connectivity index (χ0v) is 21.6. The fourth-order valence-corrected chi connectivity index (χ4v) is 4.77. The van der Waals surface area contributed by atoms with E-state index in [0.29, 0.717) is 11.0 Å². The largest absolute Gasteiger partial charge is 0.346 e. The van der Waals surface area contributed by atoms with Crippen LogP contribution in [-0.2, 0) is 9.59 Å². The van der Waals surface area contributed by atoms with Crippen LogP contribution in [0.1, 0.15) is 22.3 Å². The van der Waals surface area contributed by atoms with Crippen LogP contribution in [0.4, 0.5) is 5.69 Å². The normalized spacial score (nSPS) is 10.8. The Morgan fingerprint density at radius 3 is 2.17 bits per heavy atom. The van der Waals surface area contributed by atoms with Crippen LogP contribution in [0.2, 0.25) is 0 Å². The molecule has 0 radical (unpaired) electrons. The number of carbonyl (C=O) groups excluding carboxylic acids is 2. The molecular weight excluding hydrogens is 470 g/mol. The number of thioether (sulfide) groups is 1. The van der Waals surface area contributed by atoms with E-state index in [-0.39, 0.29) is 24.1 Å². The van der Waals surface area contributed by atoms with E-state index in [1.807, 2.05) is 99.0 Å². The topological polar surface area (TPSA) is 88.9 Å². The quantitative estimate of drug-likeness (QED) is 0.333. The molecule has 4 rings (SSSR count). The minimum absolute atomic E-state index is 0.105. The SMILES string of the molecule is Cc1ccc(-n2c(SCC(=O)NCC(=O)Nc3c(C)cc(C)cc3C)nnc2-c2ccccc2)cc1. The highest BCUT2D eigenvalue weighted by molar-refractivity contribution is 7.99. The van der Waals surface area contributed by atoms with Crippen molar-refractivity contribution in [2.75, 3.05) is 17.6 Å². The number of carbonyl (C=O) groups is 2. The minimum atomic E-state index is -0.266. The van der Waals surface area contributed by atoms with Crippen LogP contribution in [0.25, 0.3) is 17.1 Å². The first-order valence-electron chi connectivity index (χ1n) is 11.7. The van der Waals surface area contributed by atoms with E-state index in [1.165, 1.54) is 11.8 Å². The first-order valence-corrected chi connectivity index (χ1v) is 12.7. The van der Waals surface area contributed by atoms with Crippen molar-refractivity contribution in [2.24, 2.45) is 0 Å². The first-order chi connectivity index (χ1) is 17.3. The summed E-state index contributed by atoms with van der Waals surface area (Å²) in [7, 11) is 0. The van der Waals surface area contributed by atoms with Gasteiger partial charge in [0.25, 0.3) is 0 Å². The van der Waals surface area contributed by atoms with E-state index < -0.39 is 0 Å². The molecule has 0 atom stereocenters. The van der Waals surface area contributed by atoms with E-state index in [4.69, 9.17) is 0 Å². The molecule has 0 bridgehead atoms. The number of amides is 2. The molecule has 4 aromatic rings. The van der Waals surface area contributed by atoms with Gasteiger partial charge in [0.15, 0.2) is 11.0 Å². The molecule has 7 nitrogen and oxygen atoms in total. The summed E-state index contributed by atoms with van der Waals surface area (Å²) in [4.78, 5) is 25.0. The number of hydrogen-bond acceptors (Lipinski definition) is 5. The number of benzene rings is 3. The van der Waals surface area contributed by atoms with E-state index in [9.17, 15) is 9.59 Å². The Morgan fingerprint density at radius 2 is 1.50 bits per heavy atom. The Balaban J connectivity index is 1.42. The van der Waals surface area contributed by atoms with Crippen molar-refractivity contribution in [3.8, 4) is 17.1 Å². The molecule has 36 heavy (non-hydrogen) atoms. The maximum atomic E-state index is 12.6. The molecule has 0 saturated heterocycles. The molecule has 0 aliphatic rings. The number of nitrogens with zero attached hydrogens (tertiary/aromatic N) is 3. The molecule has 1 heterocycles. The fraction of sp³-hybridized carbons (Fsp3) is 0.214. The predicted molar refractivity (Wildman–Crippen MR) is 145 cm³/mol. The first kappa shape index (κ1) is 25.2. The van der Waals surface area contributed by atoms with Crippen LogP contribution in [0, 0.1) is 27.7 Å². The number of hydrogen-bond donors (Lipinski definition) is 2. The van der Waals surface area contributed by atoms with Crippen molar-refractivity contribution in [3.63, 3.8) is 0 Å². The summed E-state index contributed by atoms with van der Waals surface area (Å²) < 4.78 is 1.95. The monoisotopic (exact) mass is 499 g/mol. The molecule has 0 unspecified atom stereocenters. The summed E-state index contributed by atoms with van der Waals surface area (Å²) in [5.74, 6) is 0.282. The van der Waals surface area contributed by atoms with Crippen molar-refractivity contribution in [2.45, 2.75) is 32.9 Å². The Hall–Kier alpha value is -3.91. The van der Waals surface area contributed by atoms with Crippen molar-refractivity contribution in [3.05, 3.63) is 89.0 Å². The second-order valence-corrected chi connectivity index (χ2v) is 9.67. The molecule has 0 fully saturated rings. The molecule has 184 valence electrons. The maximum Gasteiger partial charge on any atom is 0.243 e. The number of rotatable bonds is 8. The van der Waals surface area contributed by atoms with E-state index >= 15 is 0 Å². The molecule has 0 saturated carbocycles. The summed E-state index contributed by atoms with van der Waals surface area (Å²) in [5.41, 5.74) is 6.91. The van der Waals surface area contributed by atoms with Crippen LogP contribution in [0.15, 0.2) is 71.9 Å². The van der Waals surface area contributed by atoms with Gasteiger partial charge in [0.1, 0.15) is 0 Å². The zero-order valence-electron chi connectivity index (χ0n) is 20.8. The highest BCUT2D eigenvalue weighted by atomic mass is 32.2.